The normalized spacial score (nSPS) is 20.7. The zero-order valence-electron chi connectivity index (χ0n) is 11.0. The summed E-state index contributed by atoms with van der Waals surface area (Å²) in [4.78, 5) is 0. The largest absolute Gasteiger partial charge is 0.507 e. The summed E-state index contributed by atoms with van der Waals surface area (Å²) in [6.07, 6.45) is 6.43. The van der Waals surface area contributed by atoms with Crippen molar-refractivity contribution in [3.05, 3.63) is 35.6 Å². The average Bonchev–Trinajstić information content (AvgIpc) is 3.02. The van der Waals surface area contributed by atoms with Gasteiger partial charge in [-0.3, -0.25) is 0 Å². The summed E-state index contributed by atoms with van der Waals surface area (Å²) in [5.41, 5.74) is 2.05. The first kappa shape index (κ1) is 13.1. The summed E-state index contributed by atoms with van der Waals surface area (Å²) < 4.78 is 0. The third-order valence-corrected chi connectivity index (χ3v) is 3.52. The quantitative estimate of drug-likeness (QED) is 0.529. The summed E-state index contributed by atoms with van der Waals surface area (Å²) in [5, 5.41) is 10.3. The van der Waals surface area contributed by atoms with Crippen molar-refractivity contribution in [1.29, 1.82) is 0 Å². The molecule has 0 aromatic carbocycles. The standard InChI is InChI=1S/C15H24O/c1-6-13(10(3)4)15(16)14(7-2)11(5)12-8-9-12/h6-7,10-12,16H,1,8-9H2,2-5H3/b14-7-,15-13-. The average molecular weight is 220 g/mol. The van der Waals surface area contributed by atoms with E-state index in [9.17, 15) is 5.11 Å². The second-order valence-electron chi connectivity index (χ2n) is 5.03. The van der Waals surface area contributed by atoms with Crippen molar-refractivity contribution in [3.63, 3.8) is 0 Å². The molecule has 1 atom stereocenters. The Morgan fingerprint density at radius 2 is 1.88 bits per heavy atom. The second-order valence-corrected chi connectivity index (χ2v) is 5.03. The van der Waals surface area contributed by atoms with E-state index in [0.717, 1.165) is 17.1 Å². The first-order valence-corrected chi connectivity index (χ1v) is 6.25. The van der Waals surface area contributed by atoms with E-state index in [4.69, 9.17) is 0 Å². The number of aliphatic hydroxyl groups is 1. The predicted octanol–water partition coefficient (Wildman–Crippen LogP) is 4.63. The highest BCUT2D eigenvalue weighted by atomic mass is 16.3. The monoisotopic (exact) mass is 220 g/mol. The molecular weight excluding hydrogens is 196 g/mol. The molecule has 1 rings (SSSR count). The highest BCUT2D eigenvalue weighted by molar-refractivity contribution is 5.37. The topological polar surface area (TPSA) is 20.2 Å². The first-order chi connectivity index (χ1) is 7.52. The van der Waals surface area contributed by atoms with Crippen LogP contribution in [0.4, 0.5) is 0 Å². The van der Waals surface area contributed by atoms with Crippen LogP contribution >= 0.6 is 0 Å². The molecule has 0 radical (unpaired) electrons. The van der Waals surface area contributed by atoms with E-state index in [0.29, 0.717) is 17.6 Å². The van der Waals surface area contributed by atoms with E-state index in [-0.39, 0.29) is 0 Å². The Balaban J connectivity index is 2.99. The maximum Gasteiger partial charge on any atom is 0.122 e. The summed E-state index contributed by atoms with van der Waals surface area (Å²) in [5.74, 6) is 2.01. The zero-order chi connectivity index (χ0) is 12.3. The summed E-state index contributed by atoms with van der Waals surface area (Å²) in [6.45, 7) is 12.2. The molecule has 16 heavy (non-hydrogen) atoms. The molecule has 0 spiro atoms. The minimum Gasteiger partial charge on any atom is -0.507 e. The highest BCUT2D eigenvalue weighted by Gasteiger charge is 2.31. The van der Waals surface area contributed by atoms with Gasteiger partial charge in [0.25, 0.3) is 0 Å². The maximum atomic E-state index is 10.3. The van der Waals surface area contributed by atoms with Crippen molar-refractivity contribution in [1.82, 2.24) is 0 Å². The van der Waals surface area contributed by atoms with Crippen molar-refractivity contribution in [3.8, 4) is 0 Å². The maximum absolute atomic E-state index is 10.3. The van der Waals surface area contributed by atoms with E-state index >= 15 is 0 Å². The van der Waals surface area contributed by atoms with Crippen LogP contribution in [0.3, 0.4) is 0 Å². The molecule has 1 aliphatic rings. The van der Waals surface area contributed by atoms with Crippen molar-refractivity contribution < 1.29 is 5.11 Å². The van der Waals surface area contributed by atoms with Gasteiger partial charge in [0.1, 0.15) is 5.76 Å². The molecule has 1 heteroatoms. The van der Waals surface area contributed by atoms with Gasteiger partial charge in [-0.05, 0) is 48.7 Å². The number of hydrogen-bond donors (Lipinski definition) is 1. The minimum atomic E-state index is 0.318. The smallest absolute Gasteiger partial charge is 0.122 e. The van der Waals surface area contributed by atoms with Crippen molar-refractivity contribution in [2.75, 3.05) is 0 Å². The Kier molecular flexibility index (Phi) is 4.40. The van der Waals surface area contributed by atoms with Gasteiger partial charge in [0, 0.05) is 0 Å². The lowest BCUT2D eigenvalue weighted by molar-refractivity contribution is 0.389. The summed E-state index contributed by atoms with van der Waals surface area (Å²) >= 11 is 0. The van der Waals surface area contributed by atoms with Crippen LogP contribution in [0.1, 0.15) is 40.5 Å². The van der Waals surface area contributed by atoms with Gasteiger partial charge in [-0.15, -0.1) is 0 Å². The molecular formula is C15H24O. The van der Waals surface area contributed by atoms with E-state index in [2.05, 4.69) is 27.4 Å². The first-order valence-electron chi connectivity index (χ1n) is 6.25. The molecule has 1 aliphatic carbocycles. The lowest BCUT2D eigenvalue weighted by atomic mass is 9.89. The molecule has 1 N–H and O–H groups in total. The molecule has 0 aromatic rings. The highest BCUT2D eigenvalue weighted by Crippen LogP contribution is 2.42. The number of allylic oxidation sites excluding steroid dienone is 4. The van der Waals surface area contributed by atoms with Gasteiger partial charge in [-0.2, -0.15) is 0 Å². The van der Waals surface area contributed by atoms with Crippen LogP contribution in [0.25, 0.3) is 0 Å². The summed E-state index contributed by atoms with van der Waals surface area (Å²) in [7, 11) is 0. The van der Waals surface area contributed by atoms with E-state index in [1.807, 2.05) is 13.0 Å². The van der Waals surface area contributed by atoms with E-state index < -0.39 is 0 Å². The van der Waals surface area contributed by atoms with E-state index in [1.165, 1.54) is 12.8 Å². The third kappa shape index (κ3) is 2.78. The minimum absolute atomic E-state index is 0.318. The fourth-order valence-electron chi connectivity index (χ4n) is 2.24. The molecule has 90 valence electrons. The molecule has 0 saturated heterocycles. The Labute approximate surface area is 99.6 Å². The third-order valence-electron chi connectivity index (χ3n) is 3.52. The fraction of sp³-hybridized carbons (Fsp3) is 0.600. The Morgan fingerprint density at radius 1 is 1.31 bits per heavy atom. The molecule has 0 amide bonds. The molecule has 1 nitrogen and oxygen atoms in total. The van der Waals surface area contributed by atoms with Crippen molar-refractivity contribution in [2.45, 2.75) is 40.5 Å². The van der Waals surface area contributed by atoms with Gasteiger partial charge in [0.05, 0.1) is 0 Å². The Bertz CT molecular complexity index is 316. The lowest BCUT2D eigenvalue weighted by Crippen LogP contribution is -2.08. The predicted molar refractivity (Wildman–Crippen MR) is 70.3 cm³/mol. The molecule has 0 aromatic heterocycles. The van der Waals surface area contributed by atoms with Gasteiger partial charge in [-0.25, -0.2) is 0 Å². The number of rotatable bonds is 5. The Hall–Kier alpha value is -0.980. The van der Waals surface area contributed by atoms with Crippen LogP contribution in [0, 0.1) is 17.8 Å². The van der Waals surface area contributed by atoms with Gasteiger partial charge in [0.2, 0.25) is 0 Å². The molecule has 1 saturated carbocycles. The van der Waals surface area contributed by atoms with Crippen molar-refractivity contribution >= 4 is 0 Å². The van der Waals surface area contributed by atoms with Crippen molar-refractivity contribution in [2.24, 2.45) is 17.8 Å². The van der Waals surface area contributed by atoms with Gasteiger partial charge in [-0.1, -0.05) is 39.5 Å². The molecule has 0 aliphatic heterocycles. The van der Waals surface area contributed by atoms with E-state index in [1.54, 1.807) is 6.08 Å². The molecule has 1 fully saturated rings. The lowest BCUT2D eigenvalue weighted by Gasteiger charge is -2.18. The van der Waals surface area contributed by atoms with Gasteiger partial charge < -0.3 is 5.11 Å². The molecule has 0 bridgehead atoms. The number of aliphatic hydroxyl groups excluding tert-OH is 1. The van der Waals surface area contributed by atoms with Crippen LogP contribution in [0.5, 0.6) is 0 Å². The SMILES string of the molecule is C=C/C(=C(O)\C(=C/C)C(C)C1CC1)C(C)C. The van der Waals surface area contributed by atoms with Crippen LogP contribution in [0.15, 0.2) is 35.6 Å². The Morgan fingerprint density at radius 3 is 2.19 bits per heavy atom. The van der Waals surface area contributed by atoms with Crippen LogP contribution in [0.2, 0.25) is 0 Å². The molecule has 1 unspecified atom stereocenters. The summed E-state index contributed by atoms with van der Waals surface area (Å²) in [6, 6.07) is 0. The zero-order valence-corrected chi connectivity index (χ0v) is 11.0. The van der Waals surface area contributed by atoms with Crippen LogP contribution < -0.4 is 0 Å². The second kappa shape index (κ2) is 5.38. The van der Waals surface area contributed by atoms with Crippen LogP contribution in [-0.4, -0.2) is 5.11 Å². The van der Waals surface area contributed by atoms with Gasteiger partial charge >= 0.3 is 0 Å². The van der Waals surface area contributed by atoms with Gasteiger partial charge in [0.15, 0.2) is 0 Å². The molecule has 0 heterocycles. The fourth-order valence-corrected chi connectivity index (χ4v) is 2.24. The van der Waals surface area contributed by atoms with Crippen LogP contribution in [-0.2, 0) is 0 Å². The number of hydrogen-bond acceptors (Lipinski definition) is 1.